The fourth-order valence-corrected chi connectivity index (χ4v) is 2.41. The first-order chi connectivity index (χ1) is 11.8. The van der Waals surface area contributed by atoms with Gasteiger partial charge in [-0.05, 0) is 26.3 Å². The summed E-state index contributed by atoms with van der Waals surface area (Å²) in [6, 6.07) is 4.31. The number of carboxylic acids is 1. The van der Waals surface area contributed by atoms with Crippen molar-refractivity contribution in [2.45, 2.75) is 27.2 Å². The van der Waals surface area contributed by atoms with Crippen LogP contribution in [0.5, 0.6) is 0 Å². The van der Waals surface area contributed by atoms with E-state index in [0.29, 0.717) is 26.2 Å². The monoisotopic (exact) mass is 352 g/mol. The molecule has 0 saturated heterocycles. The zero-order valence-electron chi connectivity index (χ0n) is 14.7. The van der Waals surface area contributed by atoms with Crippen molar-refractivity contribution in [3.05, 3.63) is 39.4 Å². The van der Waals surface area contributed by atoms with Gasteiger partial charge < -0.3 is 14.7 Å². The molecule has 0 spiro atoms. The Morgan fingerprint density at radius 2 is 2.08 bits per heavy atom. The van der Waals surface area contributed by atoms with Gasteiger partial charge in [-0.2, -0.15) is 0 Å². The Balaban J connectivity index is 3.03. The highest BCUT2D eigenvalue weighted by Gasteiger charge is 2.25. The van der Waals surface area contributed by atoms with Gasteiger partial charge >= 0.3 is 5.97 Å². The molecule has 1 amide bonds. The number of aliphatic carboxylic acids is 1. The van der Waals surface area contributed by atoms with Crippen molar-refractivity contribution >= 4 is 17.6 Å². The second-order valence-electron chi connectivity index (χ2n) is 5.75. The molecule has 1 aromatic rings. The zero-order chi connectivity index (χ0) is 19.0. The minimum Gasteiger partial charge on any atom is -0.481 e. The van der Waals surface area contributed by atoms with Crippen molar-refractivity contribution in [2.24, 2.45) is 5.92 Å². The molecule has 1 N–H and O–H groups in total. The van der Waals surface area contributed by atoms with Gasteiger partial charge in [0.2, 0.25) is 0 Å². The van der Waals surface area contributed by atoms with Crippen molar-refractivity contribution in [1.82, 2.24) is 4.90 Å². The van der Waals surface area contributed by atoms with E-state index in [4.69, 9.17) is 9.84 Å². The number of rotatable bonds is 10. The maximum Gasteiger partial charge on any atom is 0.308 e. The van der Waals surface area contributed by atoms with Crippen LogP contribution in [0.15, 0.2) is 18.2 Å². The van der Waals surface area contributed by atoms with Crippen LogP contribution in [-0.2, 0) is 9.53 Å². The van der Waals surface area contributed by atoms with Crippen LogP contribution in [0.25, 0.3) is 0 Å². The molecule has 0 aliphatic carbocycles. The molecule has 1 rings (SSSR count). The van der Waals surface area contributed by atoms with Crippen LogP contribution >= 0.6 is 0 Å². The fourth-order valence-electron chi connectivity index (χ4n) is 2.41. The Morgan fingerprint density at radius 3 is 2.64 bits per heavy atom. The summed E-state index contributed by atoms with van der Waals surface area (Å²) in [5.41, 5.74) is 0.352. The van der Waals surface area contributed by atoms with Gasteiger partial charge in [0.15, 0.2) is 0 Å². The Hall–Kier alpha value is -2.48. The molecule has 1 atom stereocenters. The van der Waals surface area contributed by atoms with E-state index in [2.05, 4.69) is 0 Å². The van der Waals surface area contributed by atoms with Crippen LogP contribution in [0, 0.1) is 23.0 Å². The molecule has 0 aliphatic rings. The fraction of sp³-hybridized carbons (Fsp3) is 0.529. The lowest BCUT2D eigenvalue weighted by molar-refractivity contribution is -0.385. The summed E-state index contributed by atoms with van der Waals surface area (Å²) in [6.07, 6.45) is 0.555. The summed E-state index contributed by atoms with van der Waals surface area (Å²) in [6.45, 7) is 6.26. The average molecular weight is 352 g/mol. The Kier molecular flexibility index (Phi) is 8.00. The second-order valence-corrected chi connectivity index (χ2v) is 5.75. The van der Waals surface area contributed by atoms with Crippen LogP contribution in [0.3, 0.4) is 0 Å². The van der Waals surface area contributed by atoms with Crippen molar-refractivity contribution in [3.63, 3.8) is 0 Å². The van der Waals surface area contributed by atoms with E-state index < -0.39 is 22.7 Å². The van der Waals surface area contributed by atoms with Crippen molar-refractivity contribution < 1.29 is 24.4 Å². The van der Waals surface area contributed by atoms with Crippen LogP contribution in [0.4, 0.5) is 5.69 Å². The number of carboxylic acid groups (broad SMARTS) is 1. The summed E-state index contributed by atoms with van der Waals surface area (Å²) in [7, 11) is 0. The topological polar surface area (TPSA) is 110 Å². The number of benzene rings is 1. The van der Waals surface area contributed by atoms with Gasteiger partial charge in [-0.1, -0.05) is 13.0 Å². The predicted molar refractivity (Wildman–Crippen MR) is 91.6 cm³/mol. The van der Waals surface area contributed by atoms with Crippen LogP contribution in [-0.4, -0.2) is 53.1 Å². The first kappa shape index (κ1) is 20.6. The number of nitrogens with zero attached hydrogens (tertiary/aromatic N) is 2. The zero-order valence-corrected chi connectivity index (χ0v) is 14.7. The number of carbonyl (C=O) groups excluding carboxylic acids is 1. The first-order valence-electron chi connectivity index (χ1n) is 8.13. The molecule has 0 radical (unpaired) electrons. The molecule has 1 unspecified atom stereocenters. The SMILES string of the molecule is CCOCCCN(CC(C)C(=O)O)C(=O)c1cccc([N+](=O)[O-])c1C. The average Bonchev–Trinajstić information content (AvgIpc) is 2.56. The highest BCUT2D eigenvalue weighted by atomic mass is 16.6. The third-order valence-electron chi connectivity index (χ3n) is 3.86. The molecule has 0 bridgehead atoms. The van der Waals surface area contributed by atoms with Gasteiger partial charge in [-0.3, -0.25) is 19.7 Å². The van der Waals surface area contributed by atoms with Gasteiger partial charge in [-0.15, -0.1) is 0 Å². The number of nitro benzene ring substituents is 1. The number of nitro groups is 1. The summed E-state index contributed by atoms with van der Waals surface area (Å²) in [4.78, 5) is 35.9. The summed E-state index contributed by atoms with van der Waals surface area (Å²) in [5, 5.41) is 20.2. The minimum absolute atomic E-state index is 0.0302. The molecule has 0 aliphatic heterocycles. The summed E-state index contributed by atoms with van der Waals surface area (Å²) in [5.74, 6) is -2.15. The predicted octanol–water partition coefficient (Wildman–Crippen LogP) is 2.49. The normalized spacial score (nSPS) is 11.8. The van der Waals surface area contributed by atoms with E-state index in [0.717, 1.165) is 0 Å². The molecule has 0 heterocycles. The smallest absolute Gasteiger partial charge is 0.308 e. The lowest BCUT2D eigenvalue weighted by Gasteiger charge is -2.25. The van der Waals surface area contributed by atoms with Crippen LogP contribution < -0.4 is 0 Å². The molecular weight excluding hydrogens is 328 g/mol. The molecule has 25 heavy (non-hydrogen) atoms. The van der Waals surface area contributed by atoms with E-state index in [1.807, 2.05) is 6.92 Å². The first-order valence-corrected chi connectivity index (χ1v) is 8.13. The van der Waals surface area contributed by atoms with Gasteiger partial charge in [-0.25, -0.2) is 0 Å². The lowest BCUT2D eigenvalue weighted by Crippen LogP contribution is -2.38. The molecule has 138 valence electrons. The van der Waals surface area contributed by atoms with E-state index in [1.54, 1.807) is 0 Å². The molecule has 0 saturated carbocycles. The minimum atomic E-state index is -1.00. The van der Waals surface area contributed by atoms with Gasteiger partial charge in [0.25, 0.3) is 11.6 Å². The third-order valence-corrected chi connectivity index (χ3v) is 3.86. The third kappa shape index (κ3) is 5.82. The summed E-state index contributed by atoms with van der Waals surface area (Å²) < 4.78 is 5.25. The van der Waals surface area contributed by atoms with Gasteiger partial charge in [0.05, 0.1) is 10.8 Å². The Labute approximate surface area is 146 Å². The van der Waals surface area contributed by atoms with Crippen molar-refractivity contribution in [1.29, 1.82) is 0 Å². The number of hydrogen-bond acceptors (Lipinski definition) is 5. The Bertz CT molecular complexity index is 632. The van der Waals surface area contributed by atoms with Gasteiger partial charge in [0, 0.05) is 43.5 Å². The van der Waals surface area contributed by atoms with E-state index in [9.17, 15) is 19.7 Å². The maximum atomic E-state index is 12.8. The van der Waals surface area contributed by atoms with Crippen LogP contribution in [0.1, 0.15) is 36.2 Å². The molecule has 8 nitrogen and oxygen atoms in total. The largest absolute Gasteiger partial charge is 0.481 e. The molecule has 1 aromatic carbocycles. The number of hydrogen-bond donors (Lipinski definition) is 1. The highest BCUT2D eigenvalue weighted by Crippen LogP contribution is 2.22. The molecule has 0 fully saturated rings. The molecule has 0 aromatic heterocycles. The lowest BCUT2D eigenvalue weighted by atomic mass is 10.0. The van der Waals surface area contributed by atoms with E-state index >= 15 is 0 Å². The number of amides is 1. The Morgan fingerprint density at radius 1 is 1.40 bits per heavy atom. The maximum absolute atomic E-state index is 12.8. The van der Waals surface area contributed by atoms with Crippen molar-refractivity contribution in [2.75, 3.05) is 26.3 Å². The van der Waals surface area contributed by atoms with Crippen molar-refractivity contribution in [3.8, 4) is 0 Å². The second kappa shape index (κ2) is 9.73. The highest BCUT2D eigenvalue weighted by molar-refractivity contribution is 5.96. The van der Waals surface area contributed by atoms with E-state index in [-0.39, 0.29) is 23.4 Å². The molecular formula is C17H24N2O6. The standard InChI is InChI=1S/C17H24N2O6/c1-4-25-10-6-9-18(11-12(2)17(21)22)16(20)14-7-5-8-15(13(14)3)19(23)24/h5,7-8,12H,4,6,9-11H2,1-3H3,(H,21,22). The summed E-state index contributed by atoms with van der Waals surface area (Å²) >= 11 is 0. The van der Waals surface area contributed by atoms with Crippen LogP contribution in [0.2, 0.25) is 0 Å². The molecule has 8 heteroatoms. The number of ether oxygens (including phenoxy) is 1. The van der Waals surface area contributed by atoms with Gasteiger partial charge in [0.1, 0.15) is 0 Å². The van der Waals surface area contributed by atoms with E-state index in [1.165, 1.54) is 36.9 Å². The number of carbonyl (C=O) groups is 2. The quantitative estimate of drug-likeness (QED) is 0.393.